The van der Waals surface area contributed by atoms with Gasteiger partial charge in [-0.1, -0.05) is 18.2 Å². The zero-order chi connectivity index (χ0) is 14.7. The number of nitrogens with zero attached hydrogens (tertiary/aromatic N) is 3. The molecule has 20 heavy (non-hydrogen) atoms. The number of para-hydroxylation sites is 1. The lowest BCUT2D eigenvalue weighted by Gasteiger charge is -2.25. The van der Waals surface area contributed by atoms with Gasteiger partial charge in [0.1, 0.15) is 5.75 Å². The first-order valence-corrected chi connectivity index (χ1v) is 6.04. The van der Waals surface area contributed by atoms with Crippen molar-refractivity contribution in [2.24, 2.45) is 0 Å². The second-order valence-electron chi connectivity index (χ2n) is 4.33. The summed E-state index contributed by atoms with van der Waals surface area (Å²) in [5.41, 5.74) is 6.43. The maximum Gasteiger partial charge on any atom is 0.280 e. The highest BCUT2D eigenvalue weighted by molar-refractivity contribution is 5.96. The molecule has 2 aromatic rings. The predicted octanol–water partition coefficient (Wildman–Crippen LogP) is 1.49. The molecule has 7 nitrogen and oxygen atoms in total. The summed E-state index contributed by atoms with van der Waals surface area (Å²) in [5, 5.41) is 6.93. The molecule has 0 spiro atoms. The topological polar surface area (TPSA) is 94.5 Å². The van der Waals surface area contributed by atoms with Gasteiger partial charge in [0.05, 0.1) is 13.2 Å². The van der Waals surface area contributed by atoms with Gasteiger partial charge in [0.2, 0.25) is 11.5 Å². The largest absolute Gasteiger partial charge is 0.496 e. The minimum atomic E-state index is -0.359. The SMILES string of the molecule is COc1ccccc1C(C)N(C)C(=O)c1nonc1N. The van der Waals surface area contributed by atoms with E-state index in [4.69, 9.17) is 10.5 Å². The molecule has 0 fully saturated rings. The van der Waals surface area contributed by atoms with Crippen LogP contribution in [0.3, 0.4) is 0 Å². The molecule has 1 unspecified atom stereocenters. The molecule has 0 saturated carbocycles. The van der Waals surface area contributed by atoms with Crippen molar-refractivity contribution >= 4 is 11.7 Å². The van der Waals surface area contributed by atoms with Gasteiger partial charge in [-0.15, -0.1) is 0 Å². The Kier molecular flexibility index (Phi) is 3.88. The summed E-state index contributed by atoms with van der Waals surface area (Å²) in [6.07, 6.45) is 0. The number of nitrogens with two attached hydrogens (primary N) is 1. The van der Waals surface area contributed by atoms with E-state index in [2.05, 4.69) is 14.9 Å². The van der Waals surface area contributed by atoms with E-state index in [9.17, 15) is 4.79 Å². The number of anilines is 1. The molecule has 0 bridgehead atoms. The Morgan fingerprint density at radius 3 is 2.70 bits per heavy atom. The number of nitrogen functional groups attached to an aromatic ring is 1. The van der Waals surface area contributed by atoms with Gasteiger partial charge in [-0.3, -0.25) is 4.79 Å². The number of amides is 1. The molecule has 0 aliphatic heterocycles. The highest BCUT2D eigenvalue weighted by Crippen LogP contribution is 2.29. The summed E-state index contributed by atoms with van der Waals surface area (Å²) in [7, 11) is 3.25. The summed E-state index contributed by atoms with van der Waals surface area (Å²) in [6.45, 7) is 1.89. The van der Waals surface area contributed by atoms with Crippen molar-refractivity contribution in [2.45, 2.75) is 13.0 Å². The zero-order valence-corrected chi connectivity index (χ0v) is 11.5. The Bertz CT molecular complexity index is 611. The van der Waals surface area contributed by atoms with Gasteiger partial charge < -0.3 is 15.4 Å². The highest BCUT2D eigenvalue weighted by atomic mass is 16.6. The molecule has 106 valence electrons. The second-order valence-corrected chi connectivity index (χ2v) is 4.33. The molecule has 0 aliphatic carbocycles. The Labute approximate surface area is 116 Å². The van der Waals surface area contributed by atoms with Crippen molar-refractivity contribution in [3.8, 4) is 5.75 Å². The van der Waals surface area contributed by atoms with Gasteiger partial charge >= 0.3 is 0 Å². The van der Waals surface area contributed by atoms with Crippen LogP contribution in [0.4, 0.5) is 5.82 Å². The van der Waals surface area contributed by atoms with Gasteiger partial charge in [0.15, 0.2) is 0 Å². The minimum absolute atomic E-state index is 0.00856. The van der Waals surface area contributed by atoms with Crippen molar-refractivity contribution in [3.63, 3.8) is 0 Å². The first-order chi connectivity index (χ1) is 9.56. The fraction of sp³-hybridized carbons (Fsp3) is 0.308. The number of hydrogen-bond acceptors (Lipinski definition) is 6. The van der Waals surface area contributed by atoms with Crippen molar-refractivity contribution in [1.29, 1.82) is 0 Å². The molecule has 7 heteroatoms. The third-order valence-corrected chi connectivity index (χ3v) is 3.21. The summed E-state index contributed by atoms with van der Waals surface area (Å²) in [6, 6.07) is 7.29. The molecule has 2 N–H and O–H groups in total. The summed E-state index contributed by atoms with van der Waals surface area (Å²) in [5.74, 6) is 0.335. The van der Waals surface area contributed by atoms with E-state index in [0.29, 0.717) is 5.75 Å². The van der Waals surface area contributed by atoms with Gasteiger partial charge in [0.25, 0.3) is 5.91 Å². The Balaban J connectivity index is 2.27. The fourth-order valence-corrected chi connectivity index (χ4v) is 1.91. The summed E-state index contributed by atoms with van der Waals surface area (Å²) < 4.78 is 9.75. The van der Waals surface area contributed by atoms with Gasteiger partial charge in [-0.25, -0.2) is 4.63 Å². The van der Waals surface area contributed by atoms with E-state index in [1.54, 1.807) is 14.2 Å². The van der Waals surface area contributed by atoms with Crippen molar-refractivity contribution in [3.05, 3.63) is 35.5 Å². The first kappa shape index (κ1) is 13.9. The van der Waals surface area contributed by atoms with E-state index in [1.165, 1.54) is 4.90 Å². The Morgan fingerprint density at radius 1 is 1.40 bits per heavy atom. The number of carbonyl (C=O) groups excluding carboxylic acids is 1. The highest BCUT2D eigenvalue weighted by Gasteiger charge is 2.25. The van der Waals surface area contributed by atoms with Crippen LogP contribution < -0.4 is 10.5 Å². The number of carbonyl (C=O) groups is 1. The monoisotopic (exact) mass is 276 g/mol. The van der Waals surface area contributed by atoms with Crippen molar-refractivity contribution in [1.82, 2.24) is 15.2 Å². The summed E-state index contributed by atoms with van der Waals surface area (Å²) in [4.78, 5) is 13.8. The smallest absolute Gasteiger partial charge is 0.280 e. The molecular weight excluding hydrogens is 260 g/mol. The maximum absolute atomic E-state index is 12.3. The van der Waals surface area contributed by atoms with E-state index in [1.807, 2.05) is 31.2 Å². The number of aromatic nitrogens is 2. The van der Waals surface area contributed by atoms with E-state index in [0.717, 1.165) is 5.56 Å². The molecule has 1 heterocycles. The van der Waals surface area contributed by atoms with E-state index in [-0.39, 0.29) is 23.5 Å². The average molecular weight is 276 g/mol. The van der Waals surface area contributed by atoms with Crippen LogP contribution in [0.5, 0.6) is 5.75 Å². The van der Waals surface area contributed by atoms with Crippen LogP contribution in [-0.4, -0.2) is 35.3 Å². The molecule has 1 aromatic carbocycles. The number of rotatable bonds is 4. The number of ether oxygens (including phenoxy) is 1. The van der Waals surface area contributed by atoms with Crippen LogP contribution in [0, 0.1) is 0 Å². The van der Waals surface area contributed by atoms with Crippen LogP contribution in [0.25, 0.3) is 0 Å². The standard InChI is InChI=1S/C13H16N4O3/c1-8(9-6-4-5-7-10(9)19-3)17(2)13(18)11-12(14)16-20-15-11/h4-8H,1-3H3,(H2,14,16). The van der Waals surface area contributed by atoms with Crippen LogP contribution in [0.15, 0.2) is 28.9 Å². The van der Waals surface area contributed by atoms with Crippen LogP contribution in [0.2, 0.25) is 0 Å². The van der Waals surface area contributed by atoms with E-state index < -0.39 is 0 Å². The molecule has 1 amide bonds. The van der Waals surface area contributed by atoms with Crippen LogP contribution >= 0.6 is 0 Å². The lowest BCUT2D eigenvalue weighted by atomic mass is 10.1. The lowest BCUT2D eigenvalue weighted by Crippen LogP contribution is -2.30. The predicted molar refractivity (Wildman–Crippen MR) is 72.2 cm³/mol. The Morgan fingerprint density at radius 2 is 2.10 bits per heavy atom. The minimum Gasteiger partial charge on any atom is -0.496 e. The van der Waals surface area contributed by atoms with Crippen LogP contribution in [0.1, 0.15) is 29.0 Å². The second kappa shape index (κ2) is 5.60. The van der Waals surface area contributed by atoms with Crippen molar-refractivity contribution in [2.75, 3.05) is 19.9 Å². The molecule has 0 radical (unpaired) electrons. The lowest BCUT2D eigenvalue weighted by molar-refractivity contribution is 0.0730. The van der Waals surface area contributed by atoms with E-state index >= 15 is 0 Å². The molecular formula is C13H16N4O3. The molecule has 1 aromatic heterocycles. The normalized spacial score (nSPS) is 11.9. The van der Waals surface area contributed by atoms with Gasteiger partial charge in [-0.05, 0) is 23.3 Å². The zero-order valence-electron chi connectivity index (χ0n) is 11.5. The maximum atomic E-state index is 12.3. The number of benzene rings is 1. The van der Waals surface area contributed by atoms with Crippen molar-refractivity contribution < 1.29 is 14.2 Å². The Hall–Kier alpha value is -2.57. The quantitative estimate of drug-likeness (QED) is 0.909. The third kappa shape index (κ3) is 2.42. The average Bonchev–Trinajstić information content (AvgIpc) is 2.91. The molecule has 1 atom stereocenters. The molecule has 0 saturated heterocycles. The number of methoxy groups -OCH3 is 1. The van der Waals surface area contributed by atoms with Gasteiger partial charge in [-0.2, -0.15) is 0 Å². The first-order valence-electron chi connectivity index (χ1n) is 6.04. The van der Waals surface area contributed by atoms with Gasteiger partial charge in [0, 0.05) is 12.6 Å². The summed E-state index contributed by atoms with van der Waals surface area (Å²) >= 11 is 0. The molecule has 2 rings (SSSR count). The number of hydrogen-bond donors (Lipinski definition) is 1. The fourth-order valence-electron chi connectivity index (χ4n) is 1.91. The molecule has 0 aliphatic rings. The van der Waals surface area contributed by atoms with Crippen LogP contribution in [-0.2, 0) is 0 Å². The third-order valence-electron chi connectivity index (χ3n) is 3.21.